The van der Waals surface area contributed by atoms with Gasteiger partial charge in [0.15, 0.2) is 11.4 Å². The van der Waals surface area contributed by atoms with Crippen molar-refractivity contribution in [3.63, 3.8) is 0 Å². The van der Waals surface area contributed by atoms with Gasteiger partial charge in [0.1, 0.15) is 6.61 Å². The van der Waals surface area contributed by atoms with E-state index in [0.717, 1.165) is 6.42 Å². The van der Waals surface area contributed by atoms with Gasteiger partial charge in [0.25, 0.3) is 0 Å². The molecule has 6 nitrogen and oxygen atoms in total. The summed E-state index contributed by atoms with van der Waals surface area (Å²) in [5, 5.41) is 21.6. The molecule has 4 aliphatic rings. The van der Waals surface area contributed by atoms with Crippen molar-refractivity contribution in [3.8, 4) is 0 Å². The van der Waals surface area contributed by atoms with Gasteiger partial charge in [-0.2, -0.15) is 0 Å². The van der Waals surface area contributed by atoms with E-state index in [2.05, 4.69) is 0 Å². The Kier molecular flexibility index (Phi) is 6.64. The maximum atomic E-state index is 14.9. The lowest BCUT2D eigenvalue weighted by molar-refractivity contribution is -0.203. The van der Waals surface area contributed by atoms with Crippen molar-refractivity contribution in [2.45, 2.75) is 89.2 Å². The lowest BCUT2D eigenvalue weighted by Crippen LogP contribution is -2.69. The van der Waals surface area contributed by atoms with Gasteiger partial charge in [0.05, 0.1) is 11.0 Å². The first-order valence-corrected chi connectivity index (χ1v) is 13.1. The van der Waals surface area contributed by atoms with Crippen molar-refractivity contribution >= 4 is 29.1 Å². The number of aliphatic hydroxyl groups excluding tert-OH is 2. The number of aliphatic hydroxyl groups is 2. The lowest BCUT2D eigenvalue weighted by atomic mass is 9.45. The zero-order valence-electron chi connectivity index (χ0n) is 20.9. The second-order valence-electron chi connectivity index (χ2n) is 11.4. The molecule has 0 aliphatic heterocycles. The Morgan fingerprint density at radius 3 is 2.60 bits per heavy atom. The van der Waals surface area contributed by atoms with E-state index in [9.17, 15) is 29.0 Å². The van der Waals surface area contributed by atoms with Crippen LogP contribution in [0.2, 0.25) is 0 Å². The highest BCUT2D eigenvalue weighted by Crippen LogP contribution is 2.72. The molecule has 4 aliphatic carbocycles. The van der Waals surface area contributed by atoms with Crippen LogP contribution in [0.15, 0.2) is 23.6 Å². The van der Waals surface area contributed by atoms with Gasteiger partial charge < -0.3 is 14.9 Å². The highest BCUT2D eigenvalue weighted by Gasteiger charge is 2.76. The fourth-order valence-corrected chi connectivity index (χ4v) is 8.66. The number of carbonyl (C=O) groups is 3. The number of fused-ring (bicyclic) bond motifs is 5. The van der Waals surface area contributed by atoms with Gasteiger partial charge in [-0.1, -0.05) is 40.2 Å². The van der Waals surface area contributed by atoms with Gasteiger partial charge in [0.2, 0.25) is 11.6 Å². The van der Waals surface area contributed by atoms with Crippen LogP contribution in [0.4, 0.5) is 4.39 Å². The van der Waals surface area contributed by atoms with Crippen LogP contribution in [-0.2, 0) is 19.1 Å². The minimum Gasteiger partial charge on any atom is -0.450 e. The third-order valence-electron chi connectivity index (χ3n) is 9.84. The second-order valence-corrected chi connectivity index (χ2v) is 12.0. The van der Waals surface area contributed by atoms with Crippen LogP contribution in [0, 0.1) is 28.6 Å². The van der Waals surface area contributed by atoms with Crippen LogP contribution < -0.4 is 0 Å². The number of halogens is 2. The lowest BCUT2D eigenvalue weighted by Gasteiger charge is -2.64. The molecular weight excluding hydrogens is 475 g/mol. The number of hydrogen-bond acceptors (Lipinski definition) is 6. The first-order valence-electron chi connectivity index (χ1n) is 12.7. The normalized spacial score (nSPS) is 44.5. The van der Waals surface area contributed by atoms with Gasteiger partial charge in [-0.15, -0.1) is 11.6 Å². The third-order valence-corrected chi connectivity index (χ3v) is 10.8. The number of Topliss-reactive ketones (excluding diaryl/α,β-unsaturated/α-hetero) is 1. The van der Waals surface area contributed by atoms with E-state index in [1.54, 1.807) is 13.0 Å². The van der Waals surface area contributed by atoms with E-state index >= 15 is 0 Å². The number of ether oxygens (including phenoxy) is 1. The van der Waals surface area contributed by atoms with E-state index in [0.29, 0.717) is 31.3 Å². The van der Waals surface area contributed by atoms with E-state index in [1.165, 1.54) is 6.08 Å². The van der Waals surface area contributed by atoms with Gasteiger partial charge in [-0.25, -0.2) is 4.39 Å². The monoisotopic (exact) mass is 510 g/mol. The summed E-state index contributed by atoms with van der Waals surface area (Å²) in [6.45, 7) is 6.65. The quantitative estimate of drug-likeness (QED) is 0.410. The van der Waals surface area contributed by atoms with Crippen LogP contribution in [0.3, 0.4) is 0 Å². The maximum Gasteiger partial charge on any atom is 0.306 e. The summed E-state index contributed by atoms with van der Waals surface area (Å²) < 4.78 is 21.0. The summed E-state index contributed by atoms with van der Waals surface area (Å²) in [6.07, 6.45) is 4.51. The van der Waals surface area contributed by atoms with Gasteiger partial charge >= 0.3 is 5.97 Å². The van der Waals surface area contributed by atoms with Crippen molar-refractivity contribution in [1.82, 2.24) is 0 Å². The van der Waals surface area contributed by atoms with Crippen molar-refractivity contribution in [3.05, 3.63) is 23.6 Å². The summed E-state index contributed by atoms with van der Waals surface area (Å²) in [5.74, 6) is -3.50. The van der Waals surface area contributed by atoms with Gasteiger partial charge in [-0.05, 0) is 55.6 Å². The Morgan fingerprint density at radius 2 is 1.97 bits per heavy atom. The molecule has 8 atom stereocenters. The number of hydrogen-bond donors (Lipinski definition) is 2. The number of esters is 1. The number of rotatable bonds is 6. The molecule has 4 rings (SSSR count). The summed E-state index contributed by atoms with van der Waals surface area (Å²) >= 11 is 7.36. The SMILES string of the molecule is CCCCC(=O)O[C@]1(C(=O)CO)[C@H](C)C[C@H]2[C@@H]3CCC4=C(F)C(=O)C=C[C@]4(C)[C@@]3(Cl)[C@@H](O)C[C@@]21C. The molecule has 0 aromatic rings. The molecule has 0 radical (unpaired) electrons. The summed E-state index contributed by atoms with van der Waals surface area (Å²) in [6, 6.07) is 0. The average Bonchev–Trinajstić information content (AvgIpc) is 3.03. The standard InChI is InChI=1S/C27H36ClFO6/c1-5-6-7-22(34)35-27(21(33)14-30)15(2)12-18-16-8-9-17-23(29)19(31)10-11-24(17,3)26(16,28)20(32)13-25(18,27)4/h10-11,15-16,18,20,30,32H,5-9,12-14H2,1-4H3/t15-,16+,18+,20+,24+,25+,26+,27+/m1/s1. The fraction of sp³-hybridized carbons (Fsp3) is 0.741. The molecule has 3 fully saturated rings. The molecule has 0 aromatic carbocycles. The number of alkyl halides is 1. The highest BCUT2D eigenvalue weighted by molar-refractivity contribution is 6.26. The summed E-state index contributed by atoms with van der Waals surface area (Å²) in [7, 11) is 0. The maximum absolute atomic E-state index is 14.9. The first-order chi connectivity index (χ1) is 16.3. The van der Waals surface area contributed by atoms with E-state index in [4.69, 9.17) is 16.3 Å². The second kappa shape index (κ2) is 8.77. The third kappa shape index (κ3) is 3.30. The van der Waals surface area contributed by atoms with E-state index in [1.807, 2.05) is 20.8 Å². The molecule has 2 N–H and O–H groups in total. The van der Waals surface area contributed by atoms with Crippen LogP contribution in [0.1, 0.15) is 72.6 Å². The van der Waals surface area contributed by atoms with Gasteiger partial charge in [0, 0.05) is 23.2 Å². The molecular formula is C27H36ClFO6. The van der Waals surface area contributed by atoms with Crippen molar-refractivity contribution in [2.75, 3.05) is 6.61 Å². The Balaban J connectivity index is 1.82. The molecule has 35 heavy (non-hydrogen) atoms. The van der Waals surface area contributed by atoms with Crippen LogP contribution in [0.25, 0.3) is 0 Å². The zero-order chi connectivity index (χ0) is 26.0. The Labute approximate surface area is 210 Å². The Hall–Kier alpha value is -1.57. The number of ketones is 2. The molecule has 0 aromatic heterocycles. The zero-order valence-corrected chi connectivity index (χ0v) is 21.7. The minimum atomic E-state index is -1.59. The molecule has 0 spiro atoms. The summed E-state index contributed by atoms with van der Waals surface area (Å²) in [5.41, 5.74) is -3.32. The smallest absolute Gasteiger partial charge is 0.306 e. The average molecular weight is 511 g/mol. The van der Waals surface area contributed by atoms with Crippen LogP contribution in [-0.4, -0.2) is 50.9 Å². The van der Waals surface area contributed by atoms with Crippen molar-refractivity contribution in [2.24, 2.45) is 28.6 Å². The molecule has 0 amide bonds. The van der Waals surface area contributed by atoms with Crippen LogP contribution in [0.5, 0.6) is 0 Å². The molecule has 0 bridgehead atoms. The molecule has 3 saturated carbocycles. The Morgan fingerprint density at radius 1 is 1.29 bits per heavy atom. The number of unbranched alkanes of at least 4 members (excludes halogenated alkanes) is 1. The van der Waals surface area contributed by atoms with Crippen molar-refractivity contribution in [1.29, 1.82) is 0 Å². The fourth-order valence-electron chi connectivity index (χ4n) is 8.15. The number of allylic oxidation sites excluding steroid dienone is 4. The molecule has 8 heteroatoms. The first kappa shape index (κ1) is 26.5. The predicted octanol–water partition coefficient (Wildman–Crippen LogP) is 4.20. The molecule has 0 saturated heterocycles. The molecule has 0 heterocycles. The minimum absolute atomic E-state index is 0.0427. The topological polar surface area (TPSA) is 101 Å². The molecule has 0 unspecified atom stereocenters. The number of carbonyl (C=O) groups excluding carboxylic acids is 3. The molecule has 194 valence electrons. The van der Waals surface area contributed by atoms with Crippen LogP contribution >= 0.6 is 11.6 Å². The van der Waals surface area contributed by atoms with Crippen molar-refractivity contribution < 1.29 is 33.7 Å². The Bertz CT molecular complexity index is 1010. The highest BCUT2D eigenvalue weighted by atomic mass is 35.5. The predicted molar refractivity (Wildman–Crippen MR) is 128 cm³/mol. The largest absolute Gasteiger partial charge is 0.450 e. The van der Waals surface area contributed by atoms with E-state index in [-0.39, 0.29) is 24.7 Å². The summed E-state index contributed by atoms with van der Waals surface area (Å²) in [4.78, 5) is 37.0. The van der Waals surface area contributed by atoms with E-state index < -0.39 is 63.3 Å². The van der Waals surface area contributed by atoms with Gasteiger partial charge in [-0.3, -0.25) is 14.4 Å².